The van der Waals surface area contributed by atoms with Crippen molar-refractivity contribution in [3.05, 3.63) is 76.7 Å². The average molecular weight is 272 g/mol. The summed E-state index contributed by atoms with van der Waals surface area (Å²) in [6.45, 7) is 2.00. The van der Waals surface area contributed by atoms with Crippen LogP contribution in [0.5, 0.6) is 0 Å². The molecule has 0 aliphatic rings. The minimum absolute atomic E-state index is 0.0379. The summed E-state index contributed by atoms with van der Waals surface area (Å²) in [5.41, 5.74) is 2.85. The quantitative estimate of drug-likeness (QED) is 0.852. The molecular formula is C16H16O2S. The molecule has 2 rings (SSSR count). The molecule has 0 heterocycles. The molecule has 0 amide bonds. The highest BCUT2D eigenvalue weighted by atomic mass is 32.2. The zero-order chi connectivity index (χ0) is 13.7. The van der Waals surface area contributed by atoms with Gasteiger partial charge in [-0.25, -0.2) is 8.42 Å². The van der Waals surface area contributed by atoms with E-state index in [4.69, 9.17) is 0 Å². The summed E-state index contributed by atoms with van der Waals surface area (Å²) in [6.07, 6.45) is 1.64. The first-order valence-electron chi connectivity index (χ1n) is 6.07. The van der Waals surface area contributed by atoms with Crippen LogP contribution in [0.15, 0.2) is 60.0 Å². The SMILES string of the molecule is Cc1ccc(C=CS(=O)(=O)Cc2ccccc2)cc1. The fourth-order valence-corrected chi connectivity index (χ4v) is 2.83. The maximum absolute atomic E-state index is 12.0. The molecule has 0 N–H and O–H groups in total. The topological polar surface area (TPSA) is 34.1 Å². The summed E-state index contributed by atoms with van der Waals surface area (Å²) in [5, 5.41) is 1.28. The van der Waals surface area contributed by atoms with Gasteiger partial charge < -0.3 is 0 Å². The Kier molecular flexibility index (Phi) is 4.17. The molecule has 0 unspecified atom stereocenters. The lowest BCUT2D eigenvalue weighted by Crippen LogP contribution is -1.99. The van der Waals surface area contributed by atoms with E-state index in [1.54, 1.807) is 6.08 Å². The van der Waals surface area contributed by atoms with Crippen LogP contribution in [0.1, 0.15) is 16.7 Å². The molecule has 0 aromatic heterocycles. The Labute approximate surface area is 114 Å². The van der Waals surface area contributed by atoms with Crippen LogP contribution in [0, 0.1) is 6.92 Å². The monoisotopic (exact) mass is 272 g/mol. The van der Waals surface area contributed by atoms with Gasteiger partial charge in [-0.15, -0.1) is 0 Å². The molecular weight excluding hydrogens is 256 g/mol. The van der Waals surface area contributed by atoms with Crippen LogP contribution < -0.4 is 0 Å². The van der Waals surface area contributed by atoms with Crippen molar-refractivity contribution in [2.24, 2.45) is 0 Å². The summed E-state index contributed by atoms with van der Waals surface area (Å²) in [4.78, 5) is 0. The van der Waals surface area contributed by atoms with Gasteiger partial charge in [0.15, 0.2) is 9.84 Å². The second-order valence-corrected chi connectivity index (χ2v) is 6.39. The first kappa shape index (κ1) is 13.6. The number of rotatable bonds is 4. The predicted molar refractivity (Wildman–Crippen MR) is 79.3 cm³/mol. The normalized spacial score (nSPS) is 11.8. The van der Waals surface area contributed by atoms with Crippen molar-refractivity contribution < 1.29 is 8.42 Å². The van der Waals surface area contributed by atoms with E-state index >= 15 is 0 Å². The Balaban J connectivity index is 2.11. The van der Waals surface area contributed by atoms with E-state index in [0.29, 0.717) is 0 Å². The summed E-state index contributed by atoms with van der Waals surface area (Å²) in [5.74, 6) is 0.0379. The second-order valence-electron chi connectivity index (χ2n) is 4.51. The smallest absolute Gasteiger partial charge is 0.175 e. The largest absolute Gasteiger partial charge is 0.224 e. The highest BCUT2D eigenvalue weighted by Crippen LogP contribution is 2.10. The van der Waals surface area contributed by atoms with Crippen molar-refractivity contribution in [3.8, 4) is 0 Å². The Morgan fingerprint density at radius 1 is 0.947 bits per heavy atom. The number of hydrogen-bond acceptors (Lipinski definition) is 2. The predicted octanol–water partition coefficient (Wildman–Crippen LogP) is 3.58. The van der Waals surface area contributed by atoms with Crippen molar-refractivity contribution in [1.82, 2.24) is 0 Å². The molecule has 0 atom stereocenters. The molecule has 2 aromatic rings. The van der Waals surface area contributed by atoms with Crippen molar-refractivity contribution in [2.45, 2.75) is 12.7 Å². The van der Waals surface area contributed by atoms with E-state index in [2.05, 4.69) is 0 Å². The van der Waals surface area contributed by atoms with E-state index in [1.807, 2.05) is 61.5 Å². The van der Waals surface area contributed by atoms with Crippen LogP contribution in [0.2, 0.25) is 0 Å². The first-order chi connectivity index (χ1) is 9.05. The van der Waals surface area contributed by atoms with Crippen LogP contribution in [0.4, 0.5) is 0 Å². The summed E-state index contributed by atoms with van der Waals surface area (Å²) >= 11 is 0. The molecule has 0 bridgehead atoms. The van der Waals surface area contributed by atoms with Crippen molar-refractivity contribution >= 4 is 15.9 Å². The Morgan fingerprint density at radius 3 is 2.21 bits per heavy atom. The van der Waals surface area contributed by atoms with E-state index in [1.165, 1.54) is 5.41 Å². The molecule has 3 heteroatoms. The van der Waals surface area contributed by atoms with Gasteiger partial charge in [0.05, 0.1) is 5.75 Å². The Morgan fingerprint density at radius 2 is 1.58 bits per heavy atom. The maximum Gasteiger partial charge on any atom is 0.175 e. The minimum Gasteiger partial charge on any atom is -0.224 e. The van der Waals surface area contributed by atoms with Crippen molar-refractivity contribution in [2.75, 3.05) is 0 Å². The molecule has 19 heavy (non-hydrogen) atoms. The van der Waals surface area contributed by atoms with E-state index < -0.39 is 9.84 Å². The Bertz CT molecular complexity index is 654. The van der Waals surface area contributed by atoms with E-state index in [9.17, 15) is 8.42 Å². The zero-order valence-electron chi connectivity index (χ0n) is 10.8. The molecule has 0 saturated carbocycles. The number of benzene rings is 2. The van der Waals surface area contributed by atoms with E-state index in [-0.39, 0.29) is 5.75 Å². The summed E-state index contributed by atoms with van der Waals surface area (Å²) in [7, 11) is -3.22. The van der Waals surface area contributed by atoms with Gasteiger partial charge in [0, 0.05) is 5.41 Å². The molecule has 0 aliphatic carbocycles. The minimum atomic E-state index is -3.22. The third-order valence-corrected chi connectivity index (χ3v) is 4.04. The fourth-order valence-electron chi connectivity index (χ4n) is 1.71. The molecule has 0 saturated heterocycles. The van der Waals surface area contributed by atoms with Gasteiger partial charge in [-0.1, -0.05) is 60.2 Å². The van der Waals surface area contributed by atoms with Gasteiger partial charge in [0.1, 0.15) is 0 Å². The zero-order valence-corrected chi connectivity index (χ0v) is 11.6. The standard InChI is InChI=1S/C16H16O2S/c1-14-7-9-15(10-8-14)11-12-19(17,18)13-16-5-3-2-4-6-16/h2-12H,13H2,1H3. The number of aryl methyl sites for hydroxylation is 1. The lowest BCUT2D eigenvalue weighted by atomic mass is 10.2. The van der Waals surface area contributed by atoms with Gasteiger partial charge in [0.25, 0.3) is 0 Å². The van der Waals surface area contributed by atoms with Crippen molar-refractivity contribution in [1.29, 1.82) is 0 Å². The molecule has 2 nitrogen and oxygen atoms in total. The summed E-state index contributed by atoms with van der Waals surface area (Å²) in [6, 6.07) is 16.9. The van der Waals surface area contributed by atoms with Crippen LogP contribution in [0.25, 0.3) is 6.08 Å². The molecule has 0 radical (unpaired) electrons. The van der Waals surface area contributed by atoms with Gasteiger partial charge >= 0.3 is 0 Å². The molecule has 0 aliphatic heterocycles. The average Bonchev–Trinajstić information content (AvgIpc) is 2.39. The fraction of sp³-hybridized carbons (Fsp3) is 0.125. The van der Waals surface area contributed by atoms with Gasteiger partial charge in [-0.3, -0.25) is 0 Å². The maximum atomic E-state index is 12.0. The third kappa shape index (κ3) is 4.38. The molecule has 0 fully saturated rings. The highest BCUT2D eigenvalue weighted by molar-refractivity contribution is 7.93. The van der Waals surface area contributed by atoms with Gasteiger partial charge in [0.2, 0.25) is 0 Å². The Hall–Kier alpha value is -1.87. The summed E-state index contributed by atoms with van der Waals surface area (Å²) < 4.78 is 23.9. The van der Waals surface area contributed by atoms with Crippen LogP contribution in [-0.2, 0) is 15.6 Å². The van der Waals surface area contributed by atoms with Crippen molar-refractivity contribution in [3.63, 3.8) is 0 Å². The molecule has 2 aromatic carbocycles. The number of hydrogen-bond donors (Lipinski definition) is 0. The lowest BCUT2D eigenvalue weighted by Gasteiger charge is -1.99. The van der Waals surface area contributed by atoms with Gasteiger partial charge in [-0.05, 0) is 24.1 Å². The molecule has 0 spiro atoms. The second kappa shape index (κ2) is 5.85. The third-order valence-electron chi connectivity index (χ3n) is 2.76. The van der Waals surface area contributed by atoms with Crippen LogP contribution in [0.3, 0.4) is 0 Å². The van der Waals surface area contributed by atoms with Crippen LogP contribution >= 0.6 is 0 Å². The van der Waals surface area contributed by atoms with E-state index in [0.717, 1.165) is 16.7 Å². The molecule has 98 valence electrons. The van der Waals surface area contributed by atoms with Crippen LogP contribution in [-0.4, -0.2) is 8.42 Å². The van der Waals surface area contributed by atoms with Gasteiger partial charge in [-0.2, -0.15) is 0 Å². The highest BCUT2D eigenvalue weighted by Gasteiger charge is 2.06. The first-order valence-corrected chi connectivity index (χ1v) is 7.78. The lowest BCUT2D eigenvalue weighted by molar-refractivity contribution is 0.604. The number of sulfone groups is 1.